The monoisotopic (exact) mass is 184 g/mol. The number of aliphatic hydroxyl groups excluding tert-OH is 1. The van der Waals surface area contributed by atoms with Gasteiger partial charge in [-0.3, -0.25) is 0 Å². The van der Waals surface area contributed by atoms with E-state index in [4.69, 9.17) is 16.6 Å². The Labute approximate surface area is 76.2 Å². The highest BCUT2D eigenvalue weighted by atomic mass is 19.1. The summed E-state index contributed by atoms with van der Waals surface area (Å²) in [5.41, 5.74) is 11.8. The molecule has 13 heavy (non-hydrogen) atoms. The second-order valence-electron chi connectivity index (χ2n) is 2.93. The molecule has 72 valence electrons. The van der Waals surface area contributed by atoms with Crippen molar-refractivity contribution < 1.29 is 9.50 Å². The zero-order chi connectivity index (χ0) is 9.84. The van der Waals surface area contributed by atoms with Crippen molar-refractivity contribution in [3.8, 4) is 0 Å². The van der Waals surface area contributed by atoms with Crippen LogP contribution in [0.4, 0.5) is 4.39 Å². The summed E-state index contributed by atoms with van der Waals surface area (Å²) < 4.78 is 12.7. The Hall–Kier alpha value is -0.970. The van der Waals surface area contributed by atoms with Crippen molar-refractivity contribution in [2.24, 2.45) is 11.5 Å². The van der Waals surface area contributed by atoms with E-state index in [1.807, 2.05) is 0 Å². The van der Waals surface area contributed by atoms with Crippen LogP contribution in [-0.2, 0) is 0 Å². The summed E-state index contributed by atoms with van der Waals surface area (Å²) in [7, 11) is 0. The van der Waals surface area contributed by atoms with Gasteiger partial charge in [0.05, 0.1) is 6.61 Å². The molecule has 2 unspecified atom stereocenters. The Balaban J connectivity index is 2.82. The minimum Gasteiger partial charge on any atom is -0.395 e. The zero-order valence-corrected chi connectivity index (χ0v) is 7.15. The molecule has 1 aromatic rings. The van der Waals surface area contributed by atoms with Crippen LogP contribution in [0.3, 0.4) is 0 Å². The van der Waals surface area contributed by atoms with E-state index in [1.165, 1.54) is 12.1 Å². The second kappa shape index (κ2) is 4.32. The first-order valence-electron chi connectivity index (χ1n) is 4.02. The molecule has 0 aliphatic rings. The second-order valence-corrected chi connectivity index (χ2v) is 2.93. The Morgan fingerprint density at radius 2 is 2.08 bits per heavy atom. The number of halogens is 1. The Bertz CT molecular complexity index is 280. The normalized spacial score (nSPS) is 15.4. The molecule has 0 fully saturated rings. The summed E-state index contributed by atoms with van der Waals surface area (Å²) in [5.74, 6) is -0.349. The van der Waals surface area contributed by atoms with E-state index in [0.29, 0.717) is 5.56 Å². The van der Waals surface area contributed by atoms with Crippen LogP contribution in [0.25, 0.3) is 0 Å². The molecule has 0 heterocycles. The number of nitrogens with two attached hydrogens (primary N) is 2. The smallest absolute Gasteiger partial charge is 0.123 e. The molecule has 0 amide bonds. The van der Waals surface area contributed by atoms with Gasteiger partial charge < -0.3 is 16.6 Å². The molecule has 0 spiro atoms. The molecule has 0 radical (unpaired) electrons. The number of aliphatic hydroxyl groups is 1. The van der Waals surface area contributed by atoms with Crippen molar-refractivity contribution in [2.45, 2.75) is 12.1 Å². The van der Waals surface area contributed by atoms with Crippen LogP contribution in [0.15, 0.2) is 24.3 Å². The van der Waals surface area contributed by atoms with Gasteiger partial charge in [-0.15, -0.1) is 0 Å². The number of hydrogen-bond donors (Lipinski definition) is 3. The predicted molar refractivity (Wildman–Crippen MR) is 48.4 cm³/mol. The molecule has 1 aromatic carbocycles. The minimum atomic E-state index is -0.554. The number of rotatable bonds is 3. The lowest BCUT2D eigenvalue weighted by molar-refractivity contribution is 0.249. The SMILES string of the molecule is NC(CO)C(N)c1cccc(F)c1. The van der Waals surface area contributed by atoms with Crippen molar-refractivity contribution in [1.82, 2.24) is 0 Å². The topological polar surface area (TPSA) is 72.3 Å². The fraction of sp³-hybridized carbons (Fsp3) is 0.333. The van der Waals surface area contributed by atoms with Crippen LogP contribution in [0.1, 0.15) is 11.6 Å². The van der Waals surface area contributed by atoms with E-state index in [9.17, 15) is 4.39 Å². The average molecular weight is 184 g/mol. The van der Waals surface area contributed by atoms with Crippen LogP contribution in [0.2, 0.25) is 0 Å². The quantitative estimate of drug-likeness (QED) is 0.626. The third-order valence-corrected chi connectivity index (χ3v) is 1.91. The Morgan fingerprint density at radius 1 is 1.38 bits per heavy atom. The summed E-state index contributed by atoms with van der Waals surface area (Å²) in [6.07, 6.45) is 0. The molecule has 0 aromatic heterocycles. The summed E-state index contributed by atoms with van der Waals surface area (Å²) in [5, 5.41) is 8.74. The molecule has 0 aliphatic carbocycles. The van der Waals surface area contributed by atoms with Crippen LogP contribution >= 0.6 is 0 Å². The fourth-order valence-corrected chi connectivity index (χ4v) is 1.07. The summed E-state index contributed by atoms with van der Waals surface area (Å²) in [6.45, 7) is -0.211. The maximum atomic E-state index is 12.7. The molecular formula is C9H13FN2O. The first-order valence-corrected chi connectivity index (χ1v) is 4.02. The molecule has 2 atom stereocenters. The van der Waals surface area contributed by atoms with Gasteiger partial charge in [-0.1, -0.05) is 12.1 Å². The van der Waals surface area contributed by atoms with Crippen molar-refractivity contribution in [3.63, 3.8) is 0 Å². The highest BCUT2D eigenvalue weighted by Crippen LogP contribution is 2.13. The molecule has 0 aliphatic heterocycles. The fourth-order valence-electron chi connectivity index (χ4n) is 1.07. The largest absolute Gasteiger partial charge is 0.395 e. The van der Waals surface area contributed by atoms with Gasteiger partial charge in [0.1, 0.15) is 5.82 Å². The van der Waals surface area contributed by atoms with Gasteiger partial charge in [0.15, 0.2) is 0 Å². The summed E-state index contributed by atoms with van der Waals surface area (Å²) >= 11 is 0. The van der Waals surface area contributed by atoms with Crippen LogP contribution in [0, 0.1) is 5.82 Å². The molecule has 4 heteroatoms. The van der Waals surface area contributed by atoms with E-state index in [1.54, 1.807) is 12.1 Å². The van der Waals surface area contributed by atoms with E-state index >= 15 is 0 Å². The van der Waals surface area contributed by atoms with Gasteiger partial charge in [0.25, 0.3) is 0 Å². The third-order valence-electron chi connectivity index (χ3n) is 1.91. The van der Waals surface area contributed by atoms with Crippen molar-refractivity contribution in [3.05, 3.63) is 35.6 Å². The van der Waals surface area contributed by atoms with Crippen LogP contribution in [0.5, 0.6) is 0 Å². The van der Waals surface area contributed by atoms with Crippen LogP contribution < -0.4 is 11.5 Å². The summed E-state index contributed by atoms with van der Waals surface area (Å²) in [4.78, 5) is 0. The van der Waals surface area contributed by atoms with Crippen LogP contribution in [-0.4, -0.2) is 17.8 Å². The van der Waals surface area contributed by atoms with Gasteiger partial charge in [0, 0.05) is 12.1 Å². The molecule has 0 bridgehead atoms. The highest BCUT2D eigenvalue weighted by molar-refractivity contribution is 5.21. The first-order chi connectivity index (χ1) is 6.15. The van der Waals surface area contributed by atoms with Gasteiger partial charge in [-0.05, 0) is 17.7 Å². The van der Waals surface area contributed by atoms with E-state index in [-0.39, 0.29) is 12.4 Å². The van der Waals surface area contributed by atoms with E-state index < -0.39 is 12.1 Å². The third kappa shape index (κ3) is 2.48. The van der Waals surface area contributed by atoms with E-state index in [0.717, 1.165) is 0 Å². The Morgan fingerprint density at radius 3 is 2.62 bits per heavy atom. The van der Waals surface area contributed by atoms with Crippen molar-refractivity contribution in [1.29, 1.82) is 0 Å². The molecule has 0 saturated carbocycles. The molecule has 0 saturated heterocycles. The lowest BCUT2D eigenvalue weighted by Crippen LogP contribution is -2.37. The molecule has 5 N–H and O–H groups in total. The summed E-state index contributed by atoms with van der Waals surface area (Å²) in [6, 6.07) is 4.82. The van der Waals surface area contributed by atoms with Crippen molar-refractivity contribution in [2.75, 3.05) is 6.61 Å². The lowest BCUT2D eigenvalue weighted by atomic mass is 10.0. The van der Waals surface area contributed by atoms with Gasteiger partial charge >= 0.3 is 0 Å². The molecule has 1 rings (SSSR count). The first kappa shape index (κ1) is 10.1. The maximum absolute atomic E-state index is 12.7. The maximum Gasteiger partial charge on any atom is 0.123 e. The minimum absolute atomic E-state index is 0.211. The zero-order valence-electron chi connectivity index (χ0n) is 7.15. The van der Waals surface area contributed by atoms with Crippen molar-refractivity contribution >= 4 is 0 Å². The number of hydrogen-bond acceptors (Lipinski definition) is 3. The van der Waals surface area contributed by atoms with Gasteiger partial charge in [-0.2, -0.15) is 0 Å². The van der Waals surface area contributed by atoms with E-state index in [2.05, 4.69) is 0 Å². The lowest BCUT2D eigenvalue weighted by Gasteiger charge is -2.17. The highest BCUT2D eigenvalue weighted by Gasteiger charge is 2.14. The van der Waals surface area contributed by atoms with Gasteiger partial charge in [0.2, 0.25) is 0 Å². The number of benzene rings is 1. The predicted octanol–water partition coefficient (Wildman–Crippen LogP) is 0.145. The Kier molecular flexibility index (Phi) is 3.36. The standard InChI is InChI=1S/C9H13FN2O/c10-7-3-1-2-6(4-7)9(12)8(11)5-13/h1-4,8-9,13H,5,11-12H2. The molecule has 3 nitrogen and oxygen atoms in total. The molecular weight excluding hydrogens is 171 g/mol. The average Bonchev–Trinajstić information content (AvgIpc) is 2.15. The van der Waals surface area contributed by atoms with Gasteiger partial charge in [-0.25, -0.2) is 4.39 Å².